The molecular weight excluding hydrogens is 350 g/mol. The van der Waals surface area contributed by atoms with Crippen LogP contribution in [0.4, 0.5) is 0 Å². The van der Waals surface area contributed by atoms with E-state index in [1.807, 2.05) is 71.0 Å². The van der Waals surface area contributed by atoms with Crippen molar-refractivity contribution in [3.63, 3.8) is 0 Å². The lowest BCUT2D eigenvalue weighted by Crippen LogP contribution is -2.32. The smallest absolute Gasteiger partial charge is 0.265 e. The average molecular weight is 386 g/mol. The summed E-state index contributed by atoms with van der Waals surface area (Å²) in [5.74, 6) is 0.722. The molecule has 1 heterocycles. The summed E-state index contributed by atoms with van der Waals surface area (Å²) < 4.78 is 6.87. The molecule has 0 radical (unpaired) electrons. The normalized spacial score (nSPS) is 12.3. The van der Waals surface area contributed by atoms with E-state index in [1.54, 1.807) is 11.7 Å². The van der Waals surface area contributed by atoms with E-state index in [1.165, 1.54) is 5.57 Å². The van der Waals surface area contributed by atoms with Crippen LogP contribution in [0, 0.1) is 0 Å². The van der Waals surface area contributed by atoms with E-state index >= 15 is 0 Å². The van der Waals surface area contributed by atoms with Gasteiger partial charge in [-0.05, 0) is 45.4 Å². The number of benzene rings is 1. The van der Waals surface area contributed by atoms with Crippen LogP contribution in [-0.4, -0.2) is 29.8 Å². The van der Waals surface area contributed by atoms with Crippen LogP contribution in [0.1, 0.15) is 59.8 Å². The Labute approximate surface area is 169 Å². The second-order valence-corrected chi connectivity index (χ2v) is 6.55. The summed E-state index contributed by atoms with van der Waals surface area (Å²) in [7, 11) is 1.67. The Morgan fingerprint density at radius 1 is 1.25 bits per heavy atom. The van der Waals surface area contributed by atoms with Gasteiger partial charge in [-0.1, -0.05) is 44.6 Å². The highest BCUT2D eigenvalue weighted by Crippen LogP contribution is 2.19. The number of nitrogens with one attached hydrogen (secondary N) is 1. The monoisotopic (exact) mass is 385 g/mol. The number of hydrogen-bond donors (Lipinski definition) is 1. The zero-order valence-corrected chi connectivity index (χ0v) is 18.4. The Morgan fingerprint density at radius 2 is 1.93 bits per heavy atom. The first-order valence-corrected chi connectivity index (χ1v) is 10.1. The van der Waals surface area contributed by atoms with Gasteiger partial charge in [-0.2, -0.15) is 0 Å². The van der Waals surface area contributed by atoms with E-state index in [0.29, 0.717) is 18.5 Å². The van der Waals surface area contributed by atoms with E-state index in [-0.39, 0.29) is 11.6 Å². The van der Waals surface area contributed by atoms with E-state index < -0.39 is 0 Å². The molecule has 0 fully saturated rings. The van der Waals surface area contributed by atoms with Crippen molar-refractivity contribution in [2.75, 3.05) is 20.3 Å². The first kappa shape index (κ1) is 23.8. The number of para-hydroxylation sites is 1. The molecule has 0 amide bonds. The highest BCUT2D eigenvalue weighted by molar-refractivity contribution is 5.78. The van der Waals surface area contributed by atoms with Gasteiger partial charge < -0.3 is 10.1 Å². The first-order chi connectivity index (χ1) is 13.5. The second-order valence-electron chi connectivity index (χ2n) is 6.55. The Bertz CT molecular complexity index is 862. The van der Waals surface area contributed by atoms with Gasteiger partial charge in [0.25, 0.3) is 5.56 Å². The lowest BCUT2D eigenvalue weighted by Gasteiger charge is -2.21. The fourth-order valence-electron chi connectivity index (χ4n) is 2.80. The number of allylic oxidation sites excluding steroid dienone is 4. The minimum Gasteiger partial charge on any atom is -0.383 e. The van der Waals surface area contributed by atoms with Gasteiger partial charge in [0.15, 0.2) is 0 Å². The van der Waals surface area contributed by atoms with Gasteiger partial charge in [-0.15, -0.1) is 0 Å². The van der Waals surface area contributed by atoms with Gasteiger partial charge in [0.05, 0.1) is 23.6 Å². The molecule has 5 nitrogen and oxygen atoms in total. The Balaban J connectivity index is 0.00000190. The summed E-state index contributed by atoms with van der Waals surface area (Å²) in [6, 6.07) is 7.43. The third kappa shape index (κ3) is 6.14. The van der Waals surface area contributed by atoms with Gasteiger partial charge in [0.2, 0.25) is 0 Å². The molecule has 1 aromatic heterocycles. The van der Waals surface area contributed by atoms with Crippen molar-refractivity contribution in [2.45, 2.75) is 54.0 Å². The standard InChI is InChI=1S/C21H29N3O2.C2H6/c1-6-17(12-11-15(2)3)24-20(16(4)22-13-14-26-5)23-19-10-8-7-9-18(19)21(24)25;1-2/h7-12,16,22H,6,13-14H2,1-5H3;1-2H3/b17-12+;. The zero-order chi connectivity index (χ0) is 21.1. The minimum absolute atomic E-state index is 0.0266. The van der Waals surface area contributed by atoms with Crippen molar-refractivity contribution in [2.24, 2.45) is 0 Å². The molecule has 2 rings (SSSR count). The quantitative estimate of drug-likeness (QED) is 0.517. The Morgan fingerprint density at radius 3 is 2.54 bits per heavy atom. The van der Waals surface area contributed by atoms with Gasteiger partial charge in [-0.25, -0.2) is 4.98 Å². The predicted octanol–water partition coefficient (Wildman–Crippen LogP) is 4.94. The molecule has 1 unspecified atom stereocenters. The van der Waals surface area contributed by atoms with Crippen LogP contribution in [-0.2, 0) is 4.74 Å². The highest BCUT2D eigenvalue weighted by Gasteiger charge is 2.18. The zero-order valence-electron chi connectivity index (χ0n) is 18.4. The van der Waals surface area contributed by atoms with Crippen LogP contribution in [0.2, 0.25) is 0 Å². The number of methoxy groups -OCH3 is 1. The van der Waals surface area contributed by atoms with Gasteiger partial charge in [0.1, 0.15) is 5.82 Å². The molecule has 0 saturated carbocycles. The lowest BCUT2D eigenvalue weighted by atomic mass is 10.2. The SMILES string of the molecule is CC.CC/C(=C\C=C(C)C)n1c(C(C)NCCOC)nc2ccccc2c1=O. The maximum atomic E-state index is 13.2. The molecule has 0 saturated heterocycles. The number of nitrogens with zero attached hydrogens (tertiary/aromatic N) is 2. The summed E-state index contributed by atoms with van der Waals surface area (Å²) in [4.78, 5) is 18.0. The molecule has 154 valence electrons. The van der Waals surface area contributed by atoms with Crippen LogP contribution < -0.4 is 10.9 Å². The molecule has 0 spiro atoms. The van der Waals surface area contributed by atoms with Crippen LogP contribution >= 0.6 is 0 Å². The molecule has 0 aliphatic heterocycles. The summed E-state index contributed by atoms with van der Waals surface area (Å²) in [5, 5.41) is 4.02. The maximum Gasteiger partial charge on any atom is 0.265 e. The van der Waals surface area contributed by atoms with Crippen molar-refractivity contribution in [1.82, 2.24) is 14.9 Å². The third-order valence-electron chi connectivity index (χ3n) is 4.20. The minimum atomic E-state index is -0.0795. The number of fused-ring (bicyclic) bond motifs is 1. The van der Waals surface area contributed by atoms with E-state index in [0.717, 1.165) is 23.5 Å². The number of hydrogen-bond acceptors (Lipinski definition) is 4. The van der Waals surface area contributed by atoms with Crippen molar-refractivity contribution in [3.05, 3.63) is 58.2 Å². The van der Waals surface area contributed by atoms with Crippen LogP contribution in [0.15, 0.2) is 46.8 Å². The first-order valence-electron chi connectivity index (χ1n) is 10.1. The molecule has 1 N–H and O–H groups in total. The van der Waals surface area contributed by atoms with E-state index in [2.05, 4.69) is 12.2 Å². The molecule has 0 bridgehead atoms. The summed E-state index contributed by atoms with van der Waals surface area (Å²) >= 11 is 0. The molecule has 1 atom stereocenters. The number of aromatic nitrogens is 2. The molecule has 0 aliphatic rings. The van der Waals surface area contributed by atoms with Gasteiger partial charge in [0, 0.05) is 19.4 Å². The van der Waals surface area contributed by atoms with Gasteiger partial charge >= 0.3 is 0 Å². The fourth-order valence-corrected chi connectivity index (χ4v) is 2.80. The third-order valence-corrected chi connectivity index (χ3v) is 4.20. The largest absolute Gasteiger partial charge is 0.383 e. The molecule has 2 aromatic rings. The van der Waals surface area contributed by atoms with Crippen molar-refractivity contribution < 1.29 is 4.74 Å². The second kappa shape index (κ2) is 12.3. The maximum absolute atomic E-state index is 13.2. The number of ether oxygens (including phenoxy) is 1. The fraction of sp³-hybridized carbons (Fsp3) is 0.478. The van der Waals surface area contributed by atoms with E-state index in [9.17, 15) is 4.79 Å². The predicted molar refractivity (Wildman–Crippen MR) is 120 cm³/mol. The molecule has 5 heteroatoms. The molecule has 1 aromatic carbocycles. The Hall–Kier alpha value is -2.24. The lowest BCUT2D eigenvalue weighted by molar-refractivity contribution is 0.196. The van der Waals surface area contributed by atoms with E-state index in [4.69, 9.17) is 9.72 Å². The average Bonchev–Trinajstić information content (AvgIpc) is 2.71. The van der Waals surface area contributed by atoms with Crippen LogP contribution in [0.3, 0.4) is 0 Å². The molecular formula is C23H35N3O2. The van der Waals surface area contributed by atoms with Crippen molar-refractivity contribution in [1.29, 1.82) is 0 Å². The topological polar surface area (TPSA) is 56.1 Å². The van der Waals surface area contributed by atoms with Crippen LogP contribution in [0.5, 0.6) is 0 Å². The molecule has 0 aliphatic carbocycles. The molecule has 28 heavy (non-hydrogen) atoms. The highest BCUT2D eigenvalue weighted by atomic mass is 16.5. The van der Waals surface area contributed by atoms with Gasteiger partial charge in [-0.3, -0.25) is 9.36 Å². The summed E-state index contributed by atoms with van der Waals surface area (Å²) in [6.07, 6.45) is 4.79. The number of rotatable bonds is 8. The van der Waals surface area contributed by atoms with Crippen LogP contribution in [0.25, 0.3) is 16.6 Å². The summed E-state index contributed by atoms with van der Waals surface area (Å²) in [5.41, 5.74) is 2.82. The van der Waals surface area contributed by atoms with Crippen molar-refractivity contribution >= 4 is 16.6 Å². The summed E-state index contributed by atoms with van der Waals surface area (Å²) in [6.45, 7) is 13.5. The van der Waals surface area contributed by atoms with Crippen molar-refractivity contribution in [3.8, 4) is 0 Å². The Kier molecular flexibility index (Phi) is 10.4.